The molecule has 3 aromatic carbocycles. The molecule has 10 nitrogen and oxygen atoms in total. The maximum atomic E-state index is 13.1. The molecule has 0 aromatic heterocycles. The Hall–Kier alpha value is -5.98. The first kappa shape index (κ1) is 34.5. The number of aliphatic imine (C=N–C) groups is 1. The van der Waals surface area contributed by atoms with Crippen molar-refractivity contribution in [2.45, 2.75) is 20.0 Å². The van der Waals surface area contributed by atoms with Crippen LogP contribution in [-0.2, 0) is 15.8 Å². The standard InChI is InChI=1S/C33H31F3N6O4/c1-5-24(18-37-21(4)39-25-11-8-12-26(16-25)40-30(44)19-38-29(43)6-2)41-32(46)28-17-27(14-13-20(28)3)42-31(45)22-9-7-10-23(15-22)33(34,35)36/h5-18,39H,2,4,19H2,1,3H3,(H,38,43)(H,40,44)(H,41,46)(H,42,45)/b24-5+,37-18-. The van der Waals surface area contributed by atoms with Gasteiger partial charge < -0.3 is 26.6 Å². The minimum atomic E-state index is -4.60. The van der Waals surface area contributed by atoms with Gasteiger partial charge in [0.15, 0.2) is 0 Å². The zero-order valence-corrected chi connectivity index (χ0v) is 24.9. The highest BCUT2D eigenvalue weighted by atomic mass is 19.4. The maximum Gasteiger partial charge on any atom is 0.416 e. The van der Waals surface area contributed by atoms with Crippen LogP contribution in [-0.4, -0.2) is 36.4 Å². The van der Waals surface area contributed by atoms with Crippen molar-refractivity contribution in [3.05, 3.63) is 126 Å². The Labute approximate surface area is 263 Å². The summed E-state index contributed by atoms with van der Waals surface area (Å²) in [5.41, 5.74) is 1.23. The minimum absolute atomic E-state index is 0.187. The number of aryl methyl sites for hydroxylation is 1. The molecular formula is C33H31F3N6O4. The summed E-state index contributed by atoms with van der Waals surface area (Å²) in [5, 5.41) is 13.2. The van der Waals surface area contributed by atoms with Gasteiger partial charge in [0, 0.05) is 28.2 Å². The third-order valence-corrected chi connectivity index (χ3v) is 6.16. The first-order chi connectivity index (χ1) is 21.8. The molecule has 4 amide bonds. The molecule has 0 spiro atoms. The van der Waals surface area contributed by atoms with Crippen molar-refractivity contribution >= 4 is 46.9 Å². The Balaban J connectivity index is 1.61. The Morgan fingerprint density at radius 3 is 2.22 bits per heavy atom. The van der Waals surface area contributed by atoms with E-state index in [1.54, 1.807) is 50.3 Å². The predicted molar refractivity (Wildman–Crippen MR) is 171 cm³/mol. The molecule has 238 valence electrons. The highest BCUT2D eigenvalue weighted by Gasteiger charge is 2.31. The number of benzene rings is 3. The van der Waals surface area contributed by atoms with Crippen LogP contribution >= 0.6 is 0 Å². The molecule has 13 heteroatoms. The van der Waals surface area contributed by atoms with Crippen LogP contribution in [0.25, 0.3) is 0 Å². The monoisotopic (exact) mass is 632 g/mol. The van der Waals surface area contributed by atoms with E-state index in [2.05, 4.69) is 44.7 Å². The number of amides is 4. The van der Waals surface area contributed by atoms with Gasteiger partial charge in [0.25, 0.3) is 11.8 Å². The van der Waals surface area contributed by atoms with Crippen LogP contribution in [0.1, 0.15) is 38.8 Å². The Kier molecular flexibility index (Phi) is 11.7. The Bertz CT molecular complexity index is 1730. The van der Waals surface area contributed by atoms with Crippen molar-refractivity contribution in [3.8, 4) is 0 Å². The number of hydrogen-bond donors (Lipinski definition) is 5. The molecule has 0 heterocycles. The number of carbonyl (C=O) groups is 4. The fraction of sp³-hybridized carbons (Fsp3) is 0.121. The van der Waals surface area contributed by atoms with E-state index in [-0.39, 0.29) is 29.2 Å². The number of allylic oxidation sites excluding steroid dienone is 2. The number of nitrogens with one attached hydrogen (secondary N) is 5. The van der Waals surface area contributed by atoms with Gasteiger partial charge in [0.05, 0.1) is 24.0 Å². The van der Waals surface area contributed by atoms with E-state index in [9.17, 15) is 32.3 Å². The largest absolute Gasteiger partial charge is 0.416 e. The van der Waals surface area contributed by atoms with Gasteiger partial charge in [-0.05, 0) is 74.0 Å². The number of alkyl halides is 3. The summed E-state index contributed by atoms with van der Waals surface area (Å²) in [6, 6.07) is 15.3. The molecular weight excluding hydrogens is 601 g/mol. The summed E-state index contributed by atoms with van der Waals surface area (Å²) in [7, 11) is 0. The lowest BCUT2D eigenvalue weighted by Crippen LogP contribution is -2.31. The molecule has 0 aliphatic heterocycles. The summed E-state index contributed by atoms with van der Waals surface area (Å²) >= 11 is 0. The molecule has 0 bridgehead atoms. The molecule has 3 aromatic rings. The van der Waals surface area contributed by atoms with Crippen LogP contribution < -0.4 is 26.6 Å². The van der Waals surface area contributed by atoms with Crippen LogP contribution in [0.3, 0.4) is 0 Å². The minimum Gasteiger partial charge on any atom is -0.343 e. The van der Waals surface area contributed by atoms with E-state index in [1.165, 1.54) is 24.4 Å². The molecule has 5 N–H and O–H groups in total. The third kappa shape index (κ3) is 10.3. The first-order valence-corrected chi connectivity index (χ1v) is 13.7. The van der Waals surface area contributed by atoms with Crippen molar-refractivity contribution in [2.75, 3.05) is 22.5 Å². The third-order valence-electron chi connectivity index (χ3n) is 6.16. The zero-order chi connectivity index (χ0) is 33.9. The van der Waals surface area contributed by atoms with Crippen molar-refractivity contribution < 1.29 is 32.3 Å². The average molecular weight is 633 g/mol. The Morgan fingerprint density at radius 2 is 1.54 bits per heavy atom. The van der Waals surface area contributed by atoms with Gasteiger partial charge in [0.2, 0.25) is 11.8 Å². The normalized spacial score (nSPS) is 11.4. The molecule has 0 radical (unpaired) electrons. The molecule has 0 saturated carbocycles. The summed E-state index contributed by atoms with van der Waals surface area (Å²) in [5.74, 6) is -1.97. The fourth-order valence-electron chi connectivity index (χ4n) is 3.83. The van der Waals surface area contributed by atoms with Crippen molar-refractivity contribution in [2.24, 2.45) is 4.99 Å². The van der Waals surface area contributed by atoms with Crippen molar-refractivity contribution in [1.82, 2.24) is 10.6 Å². The lowest BCUT2D eigenvalue weighted by Gasteiger charge is -2.12. The van der Waals surface area contributed by atoms with Crippen LogP contribution in [0.2, 0.25) is 0 Å². The fourth-order valence-corrected chi connectivity index (χ4v) is 3.83. The highest BCUT2D eigenvalue weighted by molar-refractivity contribution is 6.06. The van der Waals surface area contributed by atoms with Crippen molar-refractivity contribution in [3.63, 3.8) is 0 Å². The highest BCUT2D eigenvalue weighted by Crippen LogP contribution is 2.29. The molecule has 0 fully saturated rings. The van der Waals surface area contributed by atoms with Gasteiger partial charge in [0.1, 0.15) is 5.82 Å². The number of carbonyl (C=O) groups excluding carboxylic acids is 4. The lowest BCUT2D eigenvalue weighted by atomic mass is 10.1. The molecule has 3 rings (SSSR count). The van der Waals surface area contributed by atoms with E-state index < -0.39 is 35.4 Å². The van der Waals surface area contributed by atoms with Crippen LogP contribution in [0.15, 0.2) is 109 Å². The smallest absolute Gasteiger partial charge is 0.343 e. The van der Waals surface area contributed by atoms with Crippen LogP contribution in [0.5, 0.6) is 0 Å². The second kappa shape index (κ2) is 15.7. The second-order valence-electron chi connectivity index (χ2n) is 9.64. The summed E-state index contributed by atoms with van der Waals surface area (Å²) in [6.45, 7) is 10.3. The number of hydrogen-bond acceptors (Lipinski definition) is 6. The maximum absolute atomic E-state index is 13.1. The van der Waals surface area contributed by atoms with E-state index in [4.69, 9.17) is 0 Å². The first-order valence-electron chi connectivity index (χ1n) is 13.7. The number of nitrogens with zero attached hydrogens (tertiary/aromatic N) is 1. The van der Waals surface area contributed by atoms with Gasteiger partial charge in [-0.25, -0.2) is 4.99 Å². The average Bonchev–Trinajstić information content (AvgIpc) is 3.02. The Morgan fingerprint density at radius 1 is 0.870 bits per heavy atom. The van der Waals surface area contributed by atoms with Gasteiger partial charge in [-0.2, -0.15) is 13.2 Å². The second-order valence-corrected chi connectivity index (χ2v) is 9.64. The molecule has 46 heavy (non-hydrogen) atoms. The summed E-state index contributed by atoms with van der Waals surface area (Å²) < 4.78 is 39.2. The van der Waals surface area contributed by atoms with Crippen molar-refractivity contribution in [1.29, 1.82) is 0 Å². The van der Waals surface area contributed by atoms with E-state index in [0.29, 0.717) is 22.6 Å². The van der Waals surface area contributed by atoms with E-state index >= 15 is 0 Å². The van der Waals surface area contributed by atoms with Gasteiger partial charge in [-0.1, -0.05) is 37.4 Å². The number of halogens is 3. The van der Waals surface area contributed by atoms with Gasteiger partial charge >= 0.3 is 6.18 Å². The SMILES string of the molecule is C=CC(=O)NCC(=O)Nc1cccc(NC(=C)/N=C\C(=C/C)NC(=O)c2cc(NC(=O)c3cccc(C(F)(F)F)c3)ccc2C)c1. The number of rotatable bonds is 12. The summed E-state index contributed by atoms with van der Waals surface area (Å²) in [6.07, 6.45) is -0.565. The predicted octanol–water partition coefficient (Wildman–Crippen LogP) is 5.79. The summed E-state index contributed by atoms with van der Waals surface area (Å²) in [4.78, 5) is 53.2. The molecule has 0 aliphatic rings. The van der Waals surface area contributed by atoms with E-state index in [1.807, 2.05) is 0 Å². The van der Waals surface area contributed by atoms with Crippen LogP contribution in [0, 0.1) is 6.92 Å². The molecule has 0 unspecified atom stereocenters. The quantitative estimate of drug-likeness (QED) is 0.127. The lowest BCUT2D eigenvalue weighted by molar-refractivity contribution is -0.137. The van der Waals surface area contributed by atoms with Gasteiger partial charge in [-0.3, -0.25) is 19.2 Å². The molecule has 0 saturated heterocycles. The van der Waals surface area contributed by atoms with Gasteiger partial charge in [-0.15, -0.1) is 0 Å². The zero-order valence-electron chi connectivity index (χ0n) is 24.9. The van der Waals surface area contributed by atoms with Crippen LogP contribution in [0.4, 0.5) is 30.2 Å². The number of anilines is 3. The molecule has 0 aliphatic carbocycles. The van der Waals surface area contributed by atoms with E-state index in [0.717, 1.165) is 24.3 Å². The topological polar surface area (TPSA) is 141 Å². The molecule has 0 atom stereocenters.